The van der Waals surface area contributed by atoms with E-state index in [0.717, 1.165) is 27.8 Å². The molecule has 0 radical (unpaired) electrons. The van der Waals surface area contributed by atoms with E-state index in [2.05, 4.69) is 20.6 Å². The summed E-state index contributed by atoms with van der Waals surface area (Å²) in [7, 11) is 0. The zero-order chi connectivity index (χ0) is 12.5. The van der Waals surface area contributed by atoms with Gasteiger partial charge in [0, 0.05) is 5.92 Å². The number of anilines is 1. The summed E-state index contributed by atoms with van der Waals surface area (Å²) in [4.78, 5) is 5.63. The van der Waals surface area contributed by atoms with Gasteiger partial charge in [-0.3, -0.25) is 5.10 Å². The van der Waals surface area contributed by atoms with Crippen molar-refractivity contribution in [3.05, 3.63) is 16.8 Å². The summed E-state index contributed by atoms with van der Waals surface area (Å²) in [6, 6.07) is 0. The van der Waals surface area contributed by atoms with Crippen molar-refractivity contribution >= 4 is 17.0 Å². The predicted molar refractivity (Wildman–Crippen MR) is 74.7 cm³/mol. The Kier molecular flexibility index (Phi) is 3.07. The number of nitrogen functional groups attached to an aromatic ring is 1. The second-order valence-electron chi connectivity index (χ2n) is 5.04. The molecule has 2 heterocycles. The SMILES string of the molecule is Cc1csc(-c2n[nH]c(C3CCCCC3)n2)c1N. The van der Waals surface area contributed by atoms with Gasteiger partial charge in [-0.15, -0.1) is 11.3 Å². The lowest BCUT2D eigenvalue weighted by atomic mass is 9.89. The Morgan fingerprint density at radius 1 is 1.33 bits per heavy atom. The number of rotatable bonds is 2. The van der Waals surface area contributed by atoms with Crippen molar-refractivity contribution in [2.75, 3.05) is 5.73 Å². The molecule has 18 heavy (non-hydrogen) atoms. The van der Waals surface area contributed by atoms with Crippen LogP contribution in [0.3, 0.4) is 0 Å². The number of aromatic nitrogens is 3. The second kappa shape index (κ2) is 4.72. The third-order valence-electron chi connectivity index (χ3n) is 3.72. The summed E-state index contributed by atoms with van der Waals surface area (Å²) < 4.78 is 0. The van der Waals surface area contributed by atoms with Gasteiger partial charge in [-0.1, -0.05) is 19.3 Å². The van der Waals surface area contributed by atoms with E-state index in [1.54, 1.807) is 11.3 Å². The molecule has 0 amide bonds. The molecular formula is C13H18N4S. The van der Waals surface area contributed by atoms with Crippen LogP contribution in [0.4, 0.5) is 5.69 Å². The van der Waals surface area contributed by atoms with E-state index in [-0.39, 0.29) is 0 Å². The van der Waals surface area contributed by atoms with Crippen LogP contribution in [0, 0.1) is 6.92 Å². The molecular weight excluding hydrogens is 244 g/mol. The van der Waals surface area contributed by atoms with Gasteiger partial charge in [0.2, 0.25) is 0 Å². The number of nitrogens with two attached hydrogens (primary N) is 1. The standard InChI is InChI=1S/C13H18N4S/c1-8-7-18-11(10(8)14)13-15-12(16-17-13)9-5-3-2-4-6-9/h7,9H,2-6,14H2,1H3,(H,15,16,17). The fraction of sp³-hybridized carbons (Fsp3) is 0.538. The number of hydrogen-bond acceptors (Lipinski definition) is 4. The van der Waals surface area contributed by atoms with Gasteiger partial charge in [-0.2, -0.15) is 5.10 Å². The van der Waals surface area contributed by atoms with E-state index < -0.39 is 0 Å². The molecule has 0 atom stereocenters. The van der Waals surface area contributed by atoms with E-state index in [1.165, 1.54) is 32.1 Å². The maximum atomic E-state index is 6.04. The van der Waals surface area contributed by atoms with E-state index in [1.807, 2.05) is 6.92 Å². The molecule has 2 aromatic rings. The molecule has 3 rings (SSSR count). The van der Waals surface area contributed by atoms with Crippen LogP contribution >= 0.6 is 11.3 Å². The summed E-state index contributed by atoms with van der Waals surface area (Å²) in [5.74, 6) is 2.35. The van der Waals surface area contributed by atoms with Crippen LogP contribution < -0.4 is 5.73 Å². The third-order valence-corrected chi connectivity index (χ3v) is 4.83. The fourth-order valence-corrected chi connectivity index (χ4v) is 3.47. The number of H-pyrrole nitrogens is 1. The molecule has 1 aliphatic rings. The minimum Gasteiger partial charge on any atom is -0.397 e. The van der Waals surface area contributed by atoms with Crippen molar-refractivity contribution in [2.45, 2.75) is 44.9 Å². The van der Waals surface area contributed by atoms with Gasteiger partial charge in [0.25, 0.3) is 0 Å². The zero-order valence-electron chi connectivity index (χ0n) is 10.6. The minimum atomic E-state index is 0.558. The molecule has 1 fully saturated rings. The molecule has 0 spiro atoms. The average molecular weight is 262 g/mol. The van der Waals surface area contributed by atoms with Gasteiger partial charge >= 0.3 is 0 Å². The first-order valence-corrected chi connectivity index (χ1v) is 7.40. The number of aromatic amines is 1. The zero-order valence-corrected chi connectivity index (χ0v) is 11.4. The van der Waals surface area contributed by atoms with Gasteiger partial charge in [0.1, 0.15) is 5.82 Å². The molecule has 0 saturated heterocycles. The molecule has 0 aromatic carbocycles. The number of aryl methyl sites for hydroxylation is 1. The lowest BCUT2D eigenvalue weighted by Crippen LogP contribution is -2.06. The van der Waals surface area contributed by atoms with Gasteiger partial charge in [0.15, 0.2) is 5.82 Å². The van der Waals surface area contributed by atoms with Crippen LogP contribution in [0.15, 0.2) is 5.38 Å². The lowest BCUT2D eigenvalue weighted by molar-refractivity contribution is 0.429. The Hall–Kier alpha value is -1.36. The highest BCUT2D eigenvalue weighted by atomic mass is 32.1. The highest BCUT2D eigenvalue weighted by Gasteiger charge is 2.20. The first kappa shape index (κ1) is 11.7. The van der Waals surface area contributed by atoms with Crippen LogP contribution in [0.5, 0.6) is 0 Å². The number of nitrogens with one attached hydrogen (secondary N) is 1. The first-order chi connectivity index (χ1) is 8.75. The van der Waals surface area contributed by atoms with Crippen molar-refractivity contribution in [2.24, 2.45) is 0 Å². The van der Waals surface area contributed by atoms with Crippen molar-refractivity contribution in [3.8, 4) is 10.7 Å². The van der Waals surface area contributed by atoms with Crippen LogP contribution in [0.1, 0.15) is 49.4 Å². The van der Waals surface area contributed by atoms with Gasteiger partial charge in [0.05, 0.1) is 10.6 Å². The summed E-state index contributed by atoms with van der Waals surface area (Å²) in [6.45, 7) is 2.02. The molecule has 3 N–H and O–H groups in total. The second-order valence-corrected chi connectivity index (χ2v) is 5.92. The molecule has 0 bridgehead atoms. The molecule has 1 saturated carbocycles. The lowest BCUT2D eigenvalue weighted by Gasteiger charge is -2.18. The maximum Gasteiger partial charge on any atom is 0.193 e. The van der Waals surface area contributed by atoms with Gasteiger partial charge in [-0.05, 0) is 30.7 Å². The van der Waals surface area contributed by atoms with Crippen LogP contribution in [0.25, 0.3) is 10.7 Å². The largest absolute Gasteiger partial charge is 0.397 e. The topological polar surface area (TPSA) is 67.6 Å². The number of hydrogen-bond donors (Lipinski definition) is 2. The molecule has 0 unspecified atom stereocenters. The highest BCUT2D eigenvalue weighted by Crippen LogP contribution is 2.35. The number of thiophene rings is 1. The Morgan fingerprint density at radius 3 is 2.78 bits per heavy atom. The van der Waals surface area contributed by atoms with Crippen molar-refractivity contribution < 1.29 is 0 Å². The Bertz CT molecular complexity index is 537. The number of nitrogens with zero attached hydrogens (tertiary/aromatic N) is 2. The van der Waals surface area contributed by atoms with Crippen molar-refractivity contribution in [1.82, 2.24) is 15.2 Å². The quantitative estimate of drug-likeness (QED) is 0.870. The minimum absolute atomic E-state index is 0.558. The Morgan fingerprint density at radius 2 is 2.11 bits per heavy atom. The average Bonchev–Trinajstić information content (AvgIpc) is 3.00. The molecule has 0 aliphatic heterocycles. The van der Waals surface area contributed by atoms with Gasteiger partial charge < -0.3 is 5.73 Å². The predicted octanol–water partition coefficient (Wildman–Crippen LogP) is 3.47. The van der Waals surface area contributed by atoms with E-state index in [4.69, 9.17) is 5.73 Å². The normalized spacial score (nSPS) is 17.2. The molecule has 5 heteroatoms. The summed E-state index contributed by atoms with van der Waals surface area (Å²) in [6.07, 6.45) is 6.43. The van der Waals surface area contributed by atoms with Crippen LogP contribution in [0.2, 0.25) is 0 Å². The fourth-order valence-electron chi connectivity index (χ4n) is 2.56. The first-order valence-electron chi connectivity index (χ1n) is 6.52. The van der Waals surface area contributed by atoms with Crippen molar-refractivity contribution in [3.63, 3.8) is 0 Å². The molecule has 2 aromatic heterocycles. The molecule has 4 nitrogen and oxygen atoms in total. The van der Waals surface area contributed by atoms with Crippen molar-refractivity contribution in [1.29, 1.82) is 0 Å². The Balaban J connectivity index is 1.87. The van der Waals surface area contributed by atoms with E-state index in [9.17, 15) is 0 Å². The molecule has 96 valence electrons. The van der Waals surface area contributed by atoms with Crippen LogP contribution in [-0.2, 0) is 0 Å². The summed E-state index contributed by atoms with van der Waals surface area (Å²) >= 11 is 1.62. The monoisotopic (exact) mass is 262 g/mol. The maximum absolute atomic E-state index is 6.04. The molecule has 1 aliphatic carbocycles. The van der Waals surface area contributed by atoms with Gasteiger partial charge in [-0.25, -0.2) is 4.98 Å². The Labute approximate surface area is 111 Å². The van der Waals surface area contributed by atoms with E-state index >= 15 is 0 Å². The highest BCUT2D eigenvalue weighted by molar-refractivity contribution is 7.14. The summed E-state index contributed by atoms with van der Waals surface area (Å²) in [5, 5.41) is 9.49. The van der Waals surface area contributed by atoms with E-state index in [0.29, 0.717) is 5.92 Å². The summed E-state index contributed by atoms with van der Waals surface area (Å²) in [5.41, 5.74) is 7.96. The van der Waals surface area contributed by atoms with Crippen LogP contribution in [-0.4, -0.2) is 15.2 Å². The third kappa shape index (κ3) is 2.03. The smallest absolute Gasteiger partial charge is 0.193 e.